The maximum atomic E-state index is 3.35. The molecule has 0 spiro atoms. The molecule has 0 fully saturated rings. The molecule has 1 aromatic carbocycles. The van der Waals surface area contributed by atoms with Crippen LogP contribution in [0.5, 0.6) is 0 Å². The number of hydrogen-bond donors (Lipinski definition) is 0. The van der Waals surface area contributed by atoms with Crippen molar-refractivity contribution in [2.45, 2.75) is 13.8 Å². The predicted molar refractivity (Wildman–Crippen MR) is 51.6 cm³/mol. The minimum atomic E-state index is 0. The Bertz CT molecular complexity index is 372. The molecule has 1 aliphatic rings. The summed E-state index contributed by atoms with van der Waals surface area (Å²) in [7, 11) is 0. The number of allylic oxidation sites excluding steroid dienone is 3. The molecule has 0 aliphatic heterocycles. The van der Waals surface area contributed by atoms with Crippen LogP contribution in [-0.4, -0.2) is 0 Å². The fourth-order valence-corrected chi connectivity index (χ4v) is 1.67. The summed E-state index contributed by atoms with van der Waals surface area (Å²) < 4.78 is 0. The summed E-state index contributed by atoms with van der Waals surface area (Å²) in [6, 6.07) is 8.38. The van der Waals surface area contributed by atoms with E-state index in [0.29, 0.717) is 0 Å². The summed E-state index contributed by atoms with van der Waals surface area (Å²) in [6.45, 7) is 4.18. The fourth-order valence-electron chi connectivity index (χ4n) is 1.67. The van der Waals surface area contributed by atoms with Gasteiger partial charge in [-0.15, -0.1) is 47.1 Å². The van der Waals surface area contributed by atoms with E-state index in [1.54, 1.807) is 0 Å². The van der Waals surface area contributed by atoms with E-state index in [1.165, 1.54) is 22.3 Å². The van der Waals surface area contributed by atoms with Crippen LogP contribution >= 0.6 is 0 Å². The first-order valence-electron chi connectivity index (χ1n) is 4.19. The van der Waals surface area contributed by atoms with E-state index in [4.69, 9.17) is 0 Å². The molecule has 2 rings (SSSR count). The zero-order chi connectivity index (χ0) is 8.55. The smallest absolute Gasteiger partial charge is 0.151 e. The third kappa shape index (κ3) is 1.71. The molecule has 0 N–H and O–H groups in total. The van der Waals surface area contributed by atoms with E-state index in [9.17, 15) is 0 Å². The zero-order valence-corrected chi connectivity index (χ0v) is 9.85. The monoisotopic (exact) mass is 352 g/mol. The first kappa shape index (κ1) is 10.5. The maximum absolute atomic E-state index is 3.35. The Morgan fingerprint density at radius 1 is 1.23 bits per heavy atom. The summed E-state index contributed by atoms with van der Waals surface area (Å²) in [5.74, 6) is 0. The molecule has 0 amide bonds. The Balaban J connectivity index is 0.000000845. The largest absolute Gasteiger partial charge is 1.00 e. The van der Waals surface area contributed by atoms with Gasteiger partial charge in [-0.05, 0) is 0 Å². The molecular formula is C12H11Au. The van der Waals surface area contributed by atoms with E-state index in [0.717, 1.165) is 0 Å². The van der Waals surface area contributed by atoms with Gasteiger partial charge >= 0.3 is 22.4 Å². The normalized spacial score (nSPS) is 16.5. The van der Waals surface area contributed by atoms with Crippen molar-refractivity contribution in [3.8, 4) is 0 Å². The van der Waals surface area contributed by atoms with Crippen LogP contribution < -0.4 is 0 Å². The van der Waals surface area contributed by atoms with Gasteiger partial charge in [0.15, 0.2) is 0 Å². The third-order valence-electron chi connectivity index (χ3n) is 2.23. The van der Waals surface area contributed by atoms with Crippen molar-refractivity contribution < 1.29 is 22.4 Å². The van der Waals surface area contributed by atoms with Gasteiger partial charge in [-0.1, -0.05) is 19.9 Å². The van der Waals surface area contributed by atoms with Crippen molar-refractivity contribution in [1.82, 2.24) is 0 Å². The molecule has 0 atom stereocenters. The molecule has 0 saturated carbocycles. The summed E-state index contributed by atoms with van der Waals surface area (Å²) >= 11 is 0. The number of fused-ring (bicyclic) bond motifs is 1. The zero-order valence-electron chi connectivity index (χ0n) is 7.69. The van der Waals surface area contributed by atoms with Gasteiger partial charge in [0.2, 0.25) is 0 Å². The van der Waals surface area contributed by atoms with E-state index in [2.05, 4.69) is 50.3 Å². The van der Waals surface area contributed by atoms with E-state index in [1.807, 2.05) is 0 Å². The van der Waals surface area contributed by atoms with Crippen molar-refractivity contribution in [2.75, 3.05) is 0 Å². The second-order valence-corrected chi connectivity index (χ2v) is 3.00. The number of hydrogen-bond acceptors (Lipinski definition) is 0. The van der Waals surface area contributed by atoms with Gasteiger partial charge in [0, 0.05) is 0 Å². The second kappa shape index (κ2) is 4.10. The molecular weight excluding hydrogens is 341 g/mol. The minimum absolute atomic E-state index is 0. The van der Waals surface area contributed by atoms with Crippen LogP contribution in [0.15, 0.2) is 35.9 Å². The standard InChI is InChI=1S/C12H11.Au/c1-3-11-9(2)8-10-6-4-5-7-12(10)11;/h3-7H,1-2H3;/q-1;+1. The molecule has 1 heteroatoms. The first-order chi connectivity index (χ1) is 5.83. The van der Waals surface area contributed by atoms with Crippen molar-refractivity contribution in [3.05, 3.63) is 53.1 Å². The molecule has 0 nitrogen and oxygen atoms in total. The maximum Gasteiger partial charge on any atom is 1.00 e. The Labute approximate surface area is 94.9 Å². The Morgan fingerprint density at radius 2 is 1.92 bits per heavy atom. The van der Waals surface area contributed by atoms with Gasteiger partial charge in [-0.25, -0.2) is 0 Å². The van der Waals surface area contributed by atoms with Gasteiger partial charge in [-0.3, -0.25) is 0 Å². The molecule has 1 aliphatic carbocycles. The second-order valence-electron chi connectivity index (χ2n) is 3.00. The molecule has 1 aromatic rings. The Morgan fingerprint density at radius 3 is 2.62 bits per heavy atom. The van der Waals surface area contributed by atoms with Crippen molar-refractivity contribution in [2.24, 2.45) is 0 Å². The van der Waals surface area contributed by atoms with Crippen LogP contribution in [0.25, 0.3) is 5.57 Å². The first-order valence-corrected chi connectivity index (χ1v) is 4.19. The van der Waals surface area contributed by atoms with E-state index >= 15 is 0 Å². The summed E-state index contributed by atoms with van der Waals surface area (Å²) in [6.07, 6.45) is 5.49. The number of benzene rings is 1. The SMILES string of the molecule is CC=C1C(C)=[C-]c2ccccc21.[Au+]. The molecule has 0 unspecified atom stereocenters. The third-order valence-corrected chi connectivity index (χ3v) is 2.23. The minimum Gasteiger partial charge on any atom is -0.151 e. The summed E-state index contributed by atoms with van der Waals surface area (Å²) in [5.41, 5.74) is 5.12. The quantitative estimate of drug-likeness (QED) is 0.497. The summed E-state index contributed by atoms with van der Waals surface area (Å²) in [4.78, 5) is 0. The van der Waals surface area contributed by atoms with Crippen molar-refractivity contribution >= 4 is 5.57 Å². The van der Waals surface area contributed by atoms with Gasteiger partial charge < -0.3 is 0 Å². The van der Waals surface area contributed by atoms with Crippen LogP contribution in [0.3, 0.4) is 0 Å². The van der Waals surface area contributed by atoms with Crippen molar-refractivity contribution in [3.63, 3.8) is 0 Å². The molecule has 0 radical (unpaired) electrons. The van der Waals surface area contributed by atoms with Crippen LogP contribution in [0, 0.1) is 6.08 Å². The Kier molecular flexibility index (Phi) is 3.32. The Hall–Kier alpha value is -0.560. The van der Waals surface area contributed by atoms with E-state index < -0.39 is 0 Å². The fraction of sp³-hybridized carbons (Fsp3) is 0.167. The molecule has 0 heterocycles. The van der Waals surface area contributed by atoms with Gasteiger partial charge in [0.1, 0.15) is 0 Å². The number of rotatable bonds is 0. The van der Waals surface area contributed by atoms with Crippen LogP contribution in [-0.2, 0) is 22.4 Å². The molecule has 13 heavy (non-hydrogen) atoms. The van der Waals surface area contributed by atoms with Gasteiger partial charge in [-0.2, -0.15) is 5.56 Å². The van der Waals surface area contributed by atoms with Crippen molar-refractivity contribution in [1.29, 1.82) is 0 Å². The molecule has 70 valence electrons. The summed E-state index contributed by atoms with van der Waals surface area (Å²) in [5, 5.41) is 0. The van der Waals surface area contributed by atoms with Crippen LogP contribution in [0.2, 0.25) is 0 Å². The molecule has 0 bridgehead atoms. The predicted octanol–water partition coefficient (Wildman–Crippen LogP) is 3.20. The van der Waals surface area contributed by atoms with Gasteiger partial charge in [0.05, 0.1) is 0 Å². The average molecular weight is 352 g/mol. The van der Waals surface area contributed by atoms with Crippen LogP contribution in [0.4, 0.5) is 0 Å². The van der Waals surface area contributed by atoms with E-state index in [-0.39, 0.29) is 22.4 Å². The van der Waals surface area contributed by atoms with Gasteiger partial charge in [0.25, 0.3) is 0 Å². The van der Waals surface area contributed by atoms with Crippen LogP contribution in [0.1, 0.15) is 25.0 Å². The average Bonchev–Trinajstić information content (AvgIpc) is 2.40. The molecule has 0 saturated heterocycles. The molecule has 0 aromatic heterocycles. The topological polar surface area (TPSA) is 0 Å².